The summed E-state index contributed by atoms with van der Waals surface area (Å²) in [6, 6.07) is 0.757. The Morgan fingerprint density at radius 1 is 1.36 bits per heavy atom. The van der Waals surface area contributed by atoms with Crippen LogP contribution in [0.5, 0.6) is 0 Å². The van der Waals surface area contributed by atoms with Gasteiger partial charge in [-0.2, -0.15) is 0 Å². The third kappa shape index (κ3) is 3.30. The number of aliphatic hydroxyl groups is 1. The summed E-state index contributed by atoms with van der Waals surface area (Å²) in [6.45, 7) is 0.613. The SMILES string of the molecule is CO[Si](CO)(CCCN)OC. The summed E-state index contributed by atoms with van der Waals surface area (Å²) in [5.41, 5.74) is 5.33. The summed E-state index contributed by atoms with van der Waals surface area (Å²) in [4.78, 5) is 0. The summed E-state index contributed by atoms with van der Waals surface area (Å²) >= 11 is 0. The predicted octanol–water partition coefficient (Wildman–Crippen LogP) is -0.398. The minimum Gasteiger partial charge on any atom is -0.396 e. The number of hydrogen-bond acceptors (Lipinski definition) is 4. The van der Waals surface area contributed by atoms with E-state index in [2.05, 4.69) is 0 Å². The van der Waals surface area contributed by atoms with Gasteiger partial charge in [0, 0.05) is 14.2 Å². The minimum atomic E-state index is -2.26. The van der Waals surface area contributed by atoms with Crippen molar-refractivity contribution in [3.05, 3.63) is 0 Å². The molecule has 0 bridgehead atoms. The second-order valence-corrected chi connectivity index (χ2v) is 5.82. The summed E-state index contributed by atoms with van der Waals surface area (Å²) in [7, 11) is 0.881. The minimum absolute atomic E-state index is 0. The van der Waals surface area contributed by atoms with E-state index in [4.69, 9.17) is 19.7 Å². The second kappa shape index (κ2) is 5.67. The Morgan fingerprint density at radius 3 is 2.18 bits per heavy atom. The van der Waals surface area contributed by atoms with E-state index in [1.165, 1.54) is 0 Å². The summed E-state index contributed by atoms with van der Waals surface area (Å²) in [5, 5.41) is 8.97. The van der Waals surface area contributed by atoms with Crippen LogP contribution in [0.25, 0.3) is 0 Å². The molecule has 3 N–H and O–H groups in total. The van der Waals surface area contributed by atoms with Crippen LogP contribution in [0.15, 0.2) is 0 Å². The Balaban J connectivity index is 3.84. The van der Waals surface area contributed by atoms with Gasteiger partial charge in [0.15, 0.2) is 0 Å². The Labute approximate surface area is 68.6 Å². The standard InChI is InChI=1S/C6H17NO3Si/c1-9-11(6-8,10-2)5-3-4-7/h8H,3-7H2,1-2H3. The zero-order valence-electron chi connectivity index (χ0n) is 7.17. The molecule has 0 amide bonds. The smallest absolute Gasteiger partial charge is 0.364 e. The monoisotopic (exact) mass is 179 g/mol. The first-order valence-electron chi connectivity index (χ1n) is 3.66. The van der Waals surface area contributed by atoms with Crippen molar-refractivity contribution >= 4 is 8.56 Å². The highest BCUT2D eigenvalue weighted by Crippen LogP contribution is 2.12. The molecule has 0 saturated heterocycles. The molecule has 0 radical (unpaired) electrons. The maximum Gasteiger partial charge on any atom is 0.364 e. The van der Waals surface area contributed by atoms with Crippen LogP contribution in [-0.4, -0.2) is 40.7 Å². The molecule has 0 atom stereocenters. The van der Waals surface area contributed by atoms with Gasteiger partial charge in [-0.1, -0.05) is 0 Å². The molecule has 11 heavy (non-hydrogen) atoms. The fourth-order valence-electron chi connectivity index (χ4n) is 0.867. The van der Waals surface area contributed by atoms with Gasteiger partial charge in [0.2, 0.25) is 0 Å². The van der Waals surface area contributed by atoms with Gasteiger partial charge < -0.3 is 19.7 Å². The van der Waals surface area contributed by atoms with Crippen LogP contribution in [0.3, 0.4) is 0 Å². The lowest BCUT2D eigenvalue weighted by Gasteiger charge is -2.24. The Kier molecular flexibility index (Phi) is 5.70. The Bertz CT molecular complexity index is 89.6. The first-order chi connectivity index (χ1) is 5.24. The van der Waals surface area contributed by atoms with Crippen molar-refractivity contribution in [3.63, 3.8) is 0 Å². The van der Waals surface area contributed by atoms with Crippen molar-refractivity contribution in [1.82, 2.24) is 0 Å². The molecule has 4 nitrogen and oxygen atoms in total. The molecule has 0 aliphatic carbocycles. The summed E-state index contributed by atoms with van der Waals surface area (Å²) in [5.74, 6) is 0. The van der Waals surface area contributed by atoms with E-state index in [1.54, 1.807) is 14.2 Å². The van der Waals surface area contributed by atoms with Crippen LogP contribution in [0, 0.1) is 0 Å². The van der Waals surface area contributed by atoms with E-state index in [1.807, 2.05) is 0 Å². The fourth-order valence-corrected chi connectivity index (χ4v) is 2.60. The summed E-state index contributed by atoms with van der Waals surface area (Å²) < 4.78 is 10.3. The maximum atomic E-state index is 8.97. The van der Waals surface area contributed by atoms with Gasteiger partial charge in [0.1, 0.15) is 0 Å². The molecule has 0 aliphatic heterocycles. The highest BCUT2D eigenvalue weighted by molar-refractivity contribution is 6.67. The van der Waals surface area contributed by atoms with Crippen molar-refractivity contribution < 1.29 is 14.0 Å². The van der Waals surface area contributed by atoms with E-state index >= 15 is 0 Å². The highest BCUT2D eigenvalue weighted by Gasteiger charge is 2.33. The van der Waals surface area contributed by atoms with E-state index < -0.39 is 8.56 Å². The molecule has 0 spiro atoms. The molecular weight excluding hydrogens is 162 g/mol. The molecule has 0 aromatic heterocycles. The molecule has 0 aromatic rings. The number of nitrogens with two attached hydrogens (primary N) is 1. The van der Waals surface area contributed by atoms with Crippen LogP contribution in [-0.2, 0) is 8.85 Å². The van der Waals surface area contributed by atoms with E-state index in [0.29, 0.717) is 6.54 Å². The Hall–Kier alpha value is 0.0569. The molecule has 5 heteroatoms. The van der Waals surface area contributed by atoms with Crippen molar-refractivity contribution in [2.45, 2.75) is 12.5 Å². The lowest BCUT2D eigenvalue weighted by molar-refractivity contribution is 0.196. The number of aliphatic hydroxyl groups excluding tert-OH is 1. The summed E-state index contributed by atoms with van der Waals surface area (Å²) in [6.07, 6.45) is 0.842. The number of rotatable bonds is 6. The quantitative estimate of drug-likeness (QED) is 0.545. The lowest BCUT2D eigenvalue weighted by Crippen LogP contribution is -2.44. The second-order valence-electron chi connectivity index (χ2n) is 2.37. The van der Waals surface area contributed by atoms with Gasteiger partial charge >= 0.3 is 8.56 Å². The van der Waals surface area contributed by atoms with Crippen LogP contribution in [0.1, 0.15) is 6.42 Å². The zero-order chi connectivity index (χ0) is 8.74. The fraction of sp³-hybridized carbons (Fsp3) is 1.00. The van der Waals surface area contributed by atoms with E-state index in [-0.39, 0.29) is 6.23 Å². The van der Waals surface area contributed by atoms with Crippen LogP contribution in [0.4, 0.5) is 0 Å². The van der Waals surface area contributed by atoms with Gasteiger partial charge in [-0.15, -0.1) is 0 Å². The largest absolute Gasteiger partial charge is 0.396 e. The van der Waals surface area contributed by atoms with Crippen LogP contribution >= 0.6 is 0 Å². The van der Waals surface area contributed by atoms with Crippen molar-refractivity contribution in [1.29, 1.82) is 0 Å². The molecule has 0 aromatic carbocycles. The molecular formula is C6H17NO3Si. The van der Waals surface area contributed by atoms with Gasteiger partial charge in [0.05, 0.1) is 6.23 Å². The molecule has 0 aliphatic rings. The Morgan fingerprint density at radius 2 is 1.91 bits per heavy atom. The van der Waals surface area contributed by atoms with Crippen LogP contribution < -0.4 is 5.73 Å². The van der Waals surface area contributed by atoms with Crippen molar-refractivity contribution in [2.75, 3.05) is 27.0 Å². The van der Waals surface area contributed by atoms with Gasteiger partial charge in [0.25, 0.3) is 0 Å². The molecule has 0 rings (SSSR count). The topological polar surface area (TPSA) is 64.7 Å². The molecule has 0 saturated carbocycles. The third-order valence-corrected chi connectivity index (χ3v) is 4.83. The zero-order valence-corrected chi connectivity index (χ0v) is 8.17. The highest BCUT2D eigenvalue weighted by atomic mass is 28.4. The third-order valence-electron chi connectivity index (χ3n) is 1.75. The van der Waals surface area contributed by atoms with Crippen LogP contribution in [0.2, 0.25) is 6.04 Å². The normalized spacial score (nSPS) is 12.0. The first kappa shape index (κ1) is 11.1. The average molecular weight is 179 g/mol. The molecule has 0 fully saturated rings. The average Bonchev–Trinajstić information content (AvgIpc) is 2.08. The van der Waals surface area contributed by atoms with Crippen molar-refractivity contribution in [2.24, 2.45) is 5.73 Å². The molecule has 68 valence electrons. The molecule has 0 heterocycles. The van der Waals surface area contributed by atoms with Gasteiger partial charge in [-0.25, -0.2) is 0 Å². The lowest BCUT2D eigenvalue weighted by atomic mass is 10.5. The predicted molar refractivity (Wildman–Crippen MR) is 45.3 cm³/mol. The van der Waals surface area contributed by atoms with Gasteiger partial charge in [-0.05, 0) is 19.0 Å². The van der Waals surface area contributed by atoms with E-state index in [0.717, 1.165) is 12.5 Å². The van der Waals surface area contributed by atoms with E-state index in [9.17, 15) is 0 Å². The molecule has 0 unspecified atom stereocenters. The maximum absolute atomic E-state index is 8.97. The van der Waals surface area contributed by atoms with Crippen molar-refractivity contribution in [3.8, 4) is 0 Å². The van der Waals surface area contributed by atoms with Gasteiger partial charge in [-0.3, -0.25) is 0 Å². The first-order valence-corrected chi connectivity index (χ1v) is 5.89. The number of hydrogen-bond donors (Lipinski definition) is 2.